The fraction of sp³-hybridized carbons (Fsp3) is 0.0476. The molecule has 9 aromatic rings. The molecule has 3 heteroatoms. The van der Waals surface area contributed by atoms with Gasteiger partial charge in [0.25, 0.3) is 0 Å². The summed E-state index contributed by atoms with van der Waals surface area (Å²) in [6.07, 6.45) is 1.92. The van der Waals surface area contributed by atoms with E-state index < -0.39 is 0 Å². The molecule has 9 rings (SSSR count). The summed E-state index contributed by atoms with van der Waals surface area (Å²) < 4.78 is 2.35. The Balaban J connectivity index is 1.15. The van der Waals surface area contributed by atoms with Crippen LogP contribution >= 0.6 is 0 Å². The molecule has 0 radical (unpaired) electrons. The van der Waals surface area contributed by atoms with Gasteiger partial charge in [-0.2, -0.15) is 0 Å². The average molecular weight is 576 g/mol. The third-order valence-corrected chi connectivity index (χ3v) is 9.12. The summed E-state index contributed by atoms with van der Waals surface area (Å²) in [6.45, 7) is 4.29. The second kappa shape index (κ2) is 9.87. The monoisotopic (exact) mass is 575 g/mol. The molecule has 45 heavy (non-hydrogen) atoms. The predicted octanol–water partition coefficient (Wildman–Crippen LogP) is 11.0. The maximum Gasteiger partial charge on any atom is 0.0979 e. The first-order valence-electron chi connectivity index (χ1n) is 15.4. The summed E-state index contributed by atoms with van der Waals surface area (Å²) >= 11 is 0. The molecular formula is C42H29N3. The van der Waals surface area contributed by atoms with E-state index in [1.165, 1.54) is 60.5 Å². The van der Waals surface area contributed by atoms with Gasteiger partial charge < -0.3 is 4.57 Å². The number of fused-ring (bicyclic) bond motifs is 9. The summed E-state index contributed by atoms with van der Waals surface area (Å²) in [5.41, 5.74) is 12.3. The Morgan fingerprint density at radius 3 is 1.82 bits per heavy atom. The molecule has 2 heterocycles. The Bertz CT molecular complexity index is 2590. The molecule has 0 aliphatic carbocycles. The summed E-state index contributed by atoms with van der Waals surface area (Å²) in [7, 11) is 0. The van der Waals surface area contributed by atoms with E-state index in [2.05, 4.69) is 152 Å². The highest BCUT2D eigenvalue weighted by Crippen LogP contribution is 2.37. The third kappa shape index (κ3) is 4.05. The van der Waals surface area contributed by atoms with E-state index in [0.717, 1.165) is 33.1 Å². The van der Waals surface area contributed by atoms with Crippen LogP contribution in [-0.4, -0.2) is 14.5 Å². The van der Waals surface area contributed by atoms with Crippen LogP contribution in [0, 0.1) is 13.8 Å². The van der Waals surface area contributed by atoms with Gasteiger partial charge >= 0.3 is 0 Å². The zero-order valence-electron chi connectivity index (χ0n) is 25.1. The molecule has 0 saturated heterocycles. The van der Waals surface area contributed by atoms with Crippen molar-refractivity contribution in [2.24, 2.45) is 0 Å². The van der Waals surface area contributed by atoms with Crippen molar-refractivity contribution in [1.82, 2.24) is 14.5 Å². The lowest BCUT2D eigenvalue weighted by atomic mass is 9.96. The maximum atomic E-state index is 5.22. The largest absolute Gasteiger partial charge is 0.309 e. The molecule has 0 spiro atoms. The van der Waals surface area contributed by atoms with Gasteiger partial charge in [-0.3, -0.25) is 4.98 Å². The number of aromatic nitrogens is 3. The third-order valence-electron chi connectivity index (χ3n) is 9.12. The number of para-hydroxylation sites is 2. The van der Waals surface area contributed by atoms with Gasteiger partial charge in [-0.25, -0.2) is 4.98 Å². The lowest BCUT2D eigenvalue weighted by molar-refractivity contribution is 1.18. The Hall–Kier alpha value is -5.80. The van der Waals surface area contributed by atoms with Crippen LogP contribution in [-0.2, 0) is 0 Å². The van der Waals surface area contributed by atoms with Crippen molar-refractivity contribution in [1.29, 1.82) is 0 Å². The number of nitrogens with zero attached hydrogens (tertiary/aromatic N) is 3. The number of hydrogen-bond acceptors (Lipinski definition) is 2. The summed E-state index contributed by atoms with van der Waals surface area (Å²) in [4.78, 5) is 10.2. The highest BCUT2D eigenvalue weighted by Gasteiger charge is 2.15. The molecule has 2 aromatic heterocycles. The quantitative estimate of drug-likeness (QED) is 0.196. The van der Waals surface area contributed by atoms with E-state index in [1.807, 2.05) is 6.20 Å². The predicted molar refractivity (Wildman–Crippen MR) is 189 cm³/mol. The first-order chi connectivity index (χ1) is 22.1. The molecular weight excluding hydrogens is 546 g/mol. The van der Waals surface area contributed by atoms with Gasteiger partial charge in [0.2, 0.25) is 0 Å². The van der Waals surface area contributed by atoms with Crippen LogP contribution in [0.3, 0.4) is 0 Å². The molecule has 0 unspecified atom stereocenters. The minimum atomic E-state index is 0.878. The van der Waals surface area contributed by atoms with E-state index >= 15 is 0 Å². The fourth-order valence-electron chi connectivity index (χ4n) is 6.93. The summed E-state index contributed by atoms with van der Waals surface area (Å²) in [6, 6.07) is 48.0. The number of aryl methyl sites for hydroxylation is 2. The topological polar surface area (TPSA) is 30.7 Å². The minimum Gasteiger partial charge on any atom is -0.309 e. The summed E-state index contributed by atoms with van der Waals surface area (Å²) in [5.74, 6) is 0. The normalized spacial score (nSPS) is 11.8. The van der Waals surface area contributed by atoms with Crippen molar-refractivity contribution in [2.75, 3.05) is 0 Å². The van der Waals surface area contributed by atoms with Gasteiger partial charge in [0.15, 0.2) is 0 Å². The van der Waals surface area contributed by atoms with E-state index in [9.17, 15) is 0 Å². The van der Waals surface area contributed by atoms with Crippen LogP contribution in [0.15, 0.2) is 140 Å². The highest BCUT2D eigenvalue weighted by molar-refractivity contribution is 6.23. The fourth-order valence-corrected chi connectivity index (χ4v) is 6.93. The van der Waals surface area contributed by atoms with Gasteiger partial charge in [-0.1, -0.05) is 114 Å². The average Bonchev–Trinajstić information content (AvgIpc) is 3.42. The van der Waals surface area contributed by atoms with Gasteiger partial charge in [-0.05, 0) is 66.1 Å². The molecule has 212 valence electrons. The van der Waals surface area contributed by atoms with Crippen molar-refractivity contribution in [3.63, 3.8) is 0 Å². The standard InChI is InChI=1S/C42H29N3/c1-26-12-19-33-35(22-26)36-23-27(2)13-20-34(36)42-41(33)43-25-38(44-42)29-16-14-28(15-17-29)30-18-21-40-37(24-30)32-10-6-7-11-39(32)45(40)31-8-4-3-5-9-31/h3-25H,1-2H3. The van der Waals surface area contributed by atoms with Crippen LogP contribution in [0.2, 0.25) is 0 Å². The molecule has 7 aromatic carbocycles. The molecule has 0 aliphatic rings. The van der Waals surface area contributed by atoms with Gasteiger partial charge in [0, 0.05) is 32.8 Å². The number of benzene rings is 7. The van der Waals surface area contributed by atoms with Crippen LogP contribution in [0.25, 0.3) is 82.5 Å². The lowest BCUT2D eigenvalue weighted by Gasteiger charge is -2.12. The maximum absolute atomic E-state index is 5.22. The smallest absolute Gasteiger partial charge is 0.0979 e. The first kappa shape index (κ1) is 25.7. The lowest BCUT2D eigenvalue weighted by Crippen LogP contribution is -1.93. The SMILES string of the molecule is Cc1ccc2c(c1)c1cc(C)ccc1c1nc(-c3ccc(-c4ccc5c(c4)c4ccccc4n5-c4ccccc4)cc3)cnc21. The first-order valence-corrected chi connectivity index (χ1v) is 15.4. The van der Waals surface area contributed by atoms with Crippen molar-refractivity contribution in [3.05, 3.63) is 151 Å². The molecule has 0 fully saturated rings. The zero-order valence-corrected chi connectivity index (χ0v) is 25.1. The molecule has 0 N–H and O–H groups in total. The van der Waals surface area contributed by atoms with E-state index in [1.54, 1.807) is 0 Å². The highest BCUT2D eigenvalue weighted by atomic mass is 15.0. The van der Waals surface area contributed by atoms with Gasteiger partial charge in [0.05, 0.1) is 34.0 Å². The van der Waals surface area contributed by atoms with Crippen LogP contribution in [0.1, 0.15) is 11.1 Å². The van der Waals surface area contributed by atoms with Crippen LogP contribution in [0.4, 0.5) is 0 Å². The number of rotatable bonds is 3. The molecule has 3 nitrogen and oxygen atoms in total. The Morgan fingerprint density at radius 1 is 0.444 bits per heavy atom. The Morgan fingerprint density at radius 2 is 1.07 bits per heavy atom. The van der Waals surface area contributed by atoms with Crippen molar-refractivity contribution >= 4 is 54.4 Å². The van der Waals surface area contributed by atoms with E-state index in [-0.39, 0.29) is 0 Å². The molecule has 0 aliphatic heterocycles. The summed E-state index contributed by atoms with van der Waals surface area (Å²) in [5, 5.41) is 7.26. The Labute approximate surface area is 261 Å². The van der Waals surface area contributed by atoms with Crippen molar-refractivity contribution < 1.29 is 0 Å². The second-order valence-corrected chi connectivity index (χ2v) is 12.0. The van der Waals surface area contributed by atoms with E-state index in [4.69, 9.17) is 9.97 Å². The second-order valence-electron chi connectivity index (χ2n) is 12.0. The molecule has 0 amide bonds. The molecule has 0 bridgehead atoms. The zero-order chi connectivity index (χ0) is 30.1. The van der Waals surface area contributed by atoms with Crippen LogP contribution in [0.5, 0.6) is 0 Å². The van der Waals surface area contributed by atoms with Crippen molar-refractivity contribution in [2.45, 2.75) is 13.8 Å². The Kier molecular flexibility index (Phi) is 5.63. The molecule has 0 atom stereocenters. The minimum absolute atomic E-state index is 0.878. The van der Waals surface area contributed by atoms with Gasteiger partial charge in [-0.15, -0.1) is 0 Å². The van der Waals surface area contributed by atoms with Crippen molar-refractivity contribution in [3.8, 4) is 28.1 Å². The number of hydrogen-bond donors (Lipinski definition) is 0. The van der Waals surface area contributed by atoms with Crippen LogP contribution < -0.4 is 0 Å². The van der Waals surface area contributed by atoms with Gasteiger partial charge in [0.1, 0.15) is 0 Å². The molecule has 0 saturated carbocycles. The van der Waals surface area contributed by atoms with E-state index in [0.29, 0.717) is 0 Å².